The lowest BCUT2D eigenvalue weighted by Gasteiger charge is -2.15. The summed E-state index contributed by atoms with van der Waals surface area (Å²) in [6.07, 6.45) is 1.78. The molecule has 0 bridgehead atoms. The average Bonchev–Trinajstić information content (AvgIpc) is 2.44. The quantitative estimate of drug-likeness (QED) is 0.867. The first kappa shape index (κ1) is 15.1. The van der Waals surface area contributed by atoms with Crippen molar-refractivity contribution in [3.05, 3.63) is 69.7 Å². The molecule has 0 aliphatic rings. The molecule has 1 unspecified atom stereocenters. The summed E-state index contributed by atoms with van der Waals surface area (Å²) in [4.78, 5) is 0. The number of hydrogen-bond donors (Lipinski definition) is 1. The maximum absolute atomic E-state index is 9.60. The van der Waals surface area contributed by atoms with Gasteiger partial charge in [-0.1, -0.05) is 41.9 Å². The minimum Gasteiger partial charge on any atom is -0.396 e. The van der Waals surface area contributed by atoms with Gasteiger partial charge in [0.05, 0.1) is 0 Å². The first-order valence-electron chi connectivity index (χ1n) is 7.00. The minimum absolute atomic E-state index is 0.204. The maximum atomic E-state index is 9.60. The molecule has 20 heavy (non-hydrogen) atoms. The summed E-state index contributed by atoms with van der Waals surface area (Å²) in [6, 6.07) is 14.4. The highest BCUT2D eigenvalue weighted by atomic mass is 35.5. The first-order chi connectivity index (χ1) is 9.58. The van der Waals surface area contributed by atoms with Crippen LogP contribution in [-0.4, -0.2) is 11.7 Å². The fourth-order valence-electron chi connectivity index (χ4n) is 2.42. The van der Waals surface area contributed by atoms with Crippen LogP contribution in [0, 0.1) is 19.8 Å². The molecule has 2 rings (SSSR count). The SMILES string of the molecule is Cc1ccc(CC(CO)Cc2ccc(Cl)cc2)cc1C. The van der Waals surface area contributed by atoms with Crippen LogP contribution < -0.4 is 0 Å². The van der Waals surface area contributed by atoms with Crippen molar-refractivity contribution in [1.82, 2.24) is 0 Å². The third kappa shape index (κ3) is 4.09. The third-order valence-corrected chi connectivity index (χ3v) is 4.04. The molecule has 0 aromatic heterocycles. The molecule has 0 spiro atoms. The Balaban J connectivity index is 2.04. The van der Waals surface area contributed by atoms with Crippen molar-refractivity contribution in [2.45, 2.75) is 26.7 Å². The monoisotopic (exact) mass is 288 g/mol. The highest BCUT2D eigenvalue weighted by Crippen LogP contribution is 2.18. The Morgan fingerprint density at radius 2 is 1.50 bits per heavy atom. The molecule has 106 valence electrons. The zero-order valence-corrected chi connectivity index (χ0v) is 12.8. The smallest absolute Gasteiger partial charge is 0.0465 e. The van der Waals surface area contributed by atoms with Crippen molar-refractivity contribution in [3.63, 3.8) is 0 Å². The molecule has 0 radical (unpaired) electrons. The molecule has 1 nitrogen and oxygen atoms in total. The van der Waals surface area contributed by atoms with E-state index in [1.807, 2.05) is 24.3 Å². The van der Waals surface area contributed by atoms with Crippen LogP contribution in [0.25, 0.3) is 0 Å². The number of aliphatic hydroxyl groups is 1. The number of aryl methyl sites for hydroxylation is 2. The highest BCUT2D eigenvalue weighted by molar-refractivity contribution is 6.30. The Bertz CT molecular complexity index is 560. The number of benzene rings is 2. The molecular formula is C18H21ClO. The van der Waals surface area contributed by atoms with E-state index in [4.69, 9.17) is 11.6 Å². The fourth-order valence-corrected chi connectivity index (χ4v) is 2.54. The van der Waals surface area contributed by atoms with Crippen molar-refractivity contribution in [1.29, 1.82) is 0 Å². The molecule has 1 N–H and O–H groups in total. The Kier molecular flexibility index (Phi) is 5.22. The summed E-state index contributed by atoms with van der Waals surface area (Å²) in [5.74, 6) is 0.248. The molecule has 0 heterocycles. The summed E-state index contributed by atoms with van der Waals surface area (Å²) >= 11 is 5.89. The van der Waals surface area contributed by atoms with Gasteiger partial charge in [0, 0.05) is 11.6 Å². The van der Waals surface area contributed by atoms with E-state index >= 15 is 0 Å². The summed E-state index contributed by atoms with van der Waals surface area (Å²) in [6.45, 7) is 4.46. The van der Waals surface area contributed by atoms with E-state index in [0.29, 0.717) is 0 Å². The number of hydrogen-bond acceptors (Lipinski definition) is 1. The van der Waals surface area contributed by atoms with E-state index < -0.39 is 0 Å². The van der Waals surface area contributed by atoms with Gasteiger partial charge in [-0.2, -0.15) is 0 Å². The van der Waals surface area contributed by atoms with E-state index in [-0.39, 0.29) is 12.5 Å². The predicted octanol–water partition coefficient (Wildman–Crippen LogP) is 4.35. The van der Waals surface area contributed by atoms with Crippen LogP contribution in [0.5, 0.6) is 0 Å². The van der Waals surface area contributed by atoms with Crippen LogP contribution in [0.15, 0.2) is 42.5 Å². The molecular weight excluding hydrogens is 268 g/mol. The number of aliphatic hydroxyl groups excluding tert-OH is 1. The standard InChI is InChI=1S/C18H21ClO/c1-13-3-4-16(9-14(13)2)11-17(12-20)10-15-5-7-18(19)8-6-15/h3-9,17,20H,10-12H2,1-2H3. The van der Waals surface area contributed by atoms with Crippen LogP contribution in [-0.2, 0) is 12.8 Å². The van der Waals surface area contributed by atoms with Gasteiger partial charge in [-0.3, -0.25) is 0 Å². The Hall–Kier alpha value is -1.31. The lowest BCUT2D eigenvalue weighted by Crippen LogP contribution is -2.13. The number of rotatable bonds is 5. The lowest BCUT2D eigenvalue weighted by molar-refractivity contribution is 0.225. The third-order valence-electron chi connectivity index (χ3n) is 3.79. The lowest BCUT2D eigenvalue weighted by atomic mass is 9.92. The maximum Gasteiger partial charge on any atom is 0.0465 e. The number of halogens is 1. The van der Waals surface area contributed by atoms with Crippen molar-refractivity contribution >= 4 is 11.6 Å². The topological polar surface area (TPSA) is 20.2 Å². The predicted molar refractivity (Wildman–Crippen MR) is 85.4 cm³/mol. The van der Waals surface area contributed by atoms with Crippen LogP contribution >= 0.6 is 11.6 Å². The van der Waals surface area contributed by atoms with Crippen LogP contribution in [0.2, 0.25) is 5.02 Å². The largest absolute Gasteiger partial charge is 0.396 e. The van der Waals surface area contributed by atoms with Crippen LogP contribution in [0.4, 0.5) is 0 Å². The van der Waals surface area contributed by atoms with Crippen molar-refractivity contribution in [3.8, 4) is 0 Å². The van der Waals surface area contributed by atoms with E-state index in [1.54, 1.807) is 0 Å². The van der Waals surface area contributed by atoms with Gasteiger partial charge < -0.3 is 5.11 Å². The molecule has 2 aromatic carbocycles. The molecule has 0 amide bonds. The van der Waals surface area contributed by atoms with Crippen LogP contribution in [0.3, 0.4) is 0 Å². The van der Waals surface area contributed by atoms with Gasteiger partial charge in [0.25, 0.3) is 0 Å². The average molecular weight is 289 g/mol. The molecule has 0 aliphatic heterocycles. The summed E-state index contributed by atoms with van der Waals surface area (Å²) < 4.78 is 0. The highest BCUT2D eigenvalue weighted by Gasteiger charge is 2.10. The second-order valence-electron chi connectivity index (χ2n) is 5.50. The molecule has 0 saturated heterocycles. The molecule has 2 aromatic rings. The van der Waals surface area contributed by atoms with Crippen molar-refractivity contribution in [2.24, 2.45) is 5.92 Å². The Labute approximate surface area is 126 Å². The van der Waals surface area contributed by atoms with Gasteiger partial charge in [-0.05, 0) is 67.0 Å². The van der Waals surface area contributed by atoms with Crippen molar-refractivity contribution in [2.75, 3.05) is 6.61 Å². The second kappa shape index (κ2) is 6.92. The van der Waals surface area contributed by atoms with Gasteiger partial charge in [0.1, 0.15) is 0 Å². The molecule has 0 saturated carbocycles. The van der Waals surface area contributed by atoms with Crippen LogP contribution in [0.1, 0.15) is 22.3 Å². The molecule has 2 heteroatoms. The minimum atomic E-state index is 0.204. The van der Waals surface area contributed by atoms with Crippen molar-refractivity contribution < 1.29 is 5.11 Å². The van der Waals surface area contributed by atoms with Gasteiger partial charge >= 0.3 is 0 Å². The Morgan fingerprint density at radius 1 is 0.900 bits per heavy atom. The molecule has 0 aliphatic carbocycles. The van der Waals surface area contributed by atoms with Gasteiger partial charge in [-0.25, -0.2) is 0 Å². The zero-order valence-electron chi connectivity index (χ0n) is 12.1. The fraction of sp³-hybridized carbons (Fsp3) is 0.333. The molecule has 0 fully saturated rings. The van der Waals surface area contributed by atoms with Gasteiger partial charge in [-0.15, -0.1) is 0 Å². The summed E-state index contributed by atoms with van der Waals surface area (Å²) in [7, 11) is 0. The molecule has 1 atom stereocenters. The normalized spacial score (nSPS) is 12.4. The second-order valence-corrected chi connectivity index (χ2v) is 5.94. The summed E-state index contributed by atoms with van der Waals surface area (Å²) in [5.41, 5.74) is 5.14. The van der Waals surface area contributed by atoms with E-state index in [0.717, 1.165) is 17.9 Å². The zero-order chi connectivity index (χ0) is 14.5. The van der Waals surface area contributed by atoms with E-state index in [1.165, 1.54) is 22.3 Å². The van der Waals surface area contributed by atoms with E-state index in [9.17, 15) is 5.11 Å². The first-order valence-corrected chi connectivity index (χ1v) is 7.37. The van der Waals surface area contributed by atoms with Gasteiger partial charge in [0.15, 0.2) is 0 Å². The Morgan fingerprint density at radius 3 is 2.10 bits per heavy atom. The van der Waals surface area contributed by atoms with E-state index in [2.05, 4.69) is 32.0 Å². The van der Waals surface area contributed by atoms with Gasteiger partial charge in [0.2, 0.25) is 0 Å². The summed E-state index contributed by atoms with van der Waals surface area (Å²) in [5, 5.41) is 10.4.